The molecular formula is C8H19N5. The van der Waals surface area contributed by atoms with Crippen molar-refractivity contribution in [1.82, 2.24) is 15.3 Å². The van der Waals surface area contributed by atoms with Crippen molar-refractivity contribution in [3.05, 3.63) is 0 Å². The van der Waals surface area contributed by atoms with Gasteiger partial charge in [0.25, 0.3) is 0 Å². The van der Waals surface area contributed by atoms with Crippen molar-refractivity contribution in [3.8, 4) is 0 Å². The van der Waals surface area contributed by atoms with E-state index in [0.29, 0.717) is 0 Å². The summed E-state index contributed by atoms with van der Waals surface area (Å²) in [6, 6.07) is -0.0524. The Morgan fingerprint density at radius 2 is 1.92 bits per heavy atom. The van der Waals surface area contributed by atoms with Crippen molar-refractivity contribution in [2.75, 3.05) is 33.2 Å². The van der Waals surface area contributed by atoms with Crippen LogP contribution in [0.1, 0.15) is 6.92 Å². The van der Waals surface area contributed by atoms with Gasteiger partial charge in [0, 0.05) is 26.2 Å². The molecule has 76 valence electrons. The SMILES string of the molecule is CC(NN1CCN(C)CC1)C(=N)N. The normalized spacial score (nSPS) is 22.9. The fourth-order valence-electron chi connectivity index (χ4n) is 1.28. The molecule has 13 heavy (non-hydrogen) atoms. The topological polar surface area (TPSA) is 68.4 Å². The number of nitrogens with one attached hydrogen (secondary N) is 2. The Balaban J connectivity index is 2.26. The van der Waals surface area contributed by atoms with Crippen LogP contribution in [0.2, 0.25) is 0 Å². The van der Waals surface area contributed by atoms with Crippen LogP contribution >= 0.6 is 0 Å². The number of amidine groups is 1. The Morgan fingerprint density at radius 3 is 2.38 bits per heavy atom. The molecule has 1 saturated heterocycles. The van der Waals surface area contributed by atoms with Crippen LogP contribution in [0.25, 0.3) is 0 Å². The lowest BCUT2D eigenvalue weighted by atomic mass is 10.3. The van der Waals surface area contributed by atoms with E-state index in [-0.39, 0.29) is 11.9 Å². The average Bonchev–Trinajstić information content (AvgIpc) is 2.08. The number of piperazine rings is 1. The van der Waals surface area contributed by atoms with Crippen molar-refractivity contribution in [1.29, 1.82) is 5.41 Å². The lowest BCUT2D eigenvalue weighted by Crippen LogP contribution is -2.55. The molecule has 1 fully saturated rings. The van der Waals surface area contributed by atoms with Gasteiger partial charge in [-0.1, -0.05) is 0 Å². The smallest absolute Gasteiger partial charge is 0.109 e. The number of hydrazine groups is 1. The van der Waals surface area contributed by atoms with Crippen LogP contribution in [-0.4, -0.2) is 55.0 Å². The van der Waals surface area contributed by atoms with E-state index < -0.39 is 0 Å². The molecule has 5 heteroatoms. The second kappa shape index (κ2) is 4.55. The van der Waals surface area contributed by atoms with E-state index in [1.54, 1.807) is 0 Å². The first-order chi connectivity index (χ1) is 6.09. The molecule has 1 aliphatic heterocycles. The summed E-state index contributed by atoms with van der Waals surface area (Å²) in [5.74, 6) is 0.193. The highest BCUT2D eigenvalue weighted by atomic mass is 15.5. The molecule has 0 spiro atoms. The lowest BCUT2D eigenvalue weighted by molar-refractivity contribution is 0.0995. The molecule has 0 amide bonds. The first-order valence-electron chi connectivity index (χ1n) is 4.63. The first kappa shape index (κ1) is 10.4. The predicted molar refractivity (Wildman–Crippen MR) is 53.6 cm³/mol. The van der Waals surface area contributed by atoms with Gasteiger partial charge in [-0.2, -0.15) is 0 Å². The van der Waals surface area contributed by atoms with E-state index in [9.17, 15) is 0 Å². The maximum atomic E-state index is 7.24. The zero-order valence-electron chi connectivity index (χ0n) is 8.38. The molecule has 0 saturated carbocycles. The minimum Gasteiger partial charge on any atom is -0.386 e. The highest BCUT2D eigenvalue weighted by Gasteiger charge is 2.15. The van der Waals surface area contributed by atoms with Gasteiger partial charge in [0.05, 0.1) is 6.04 Å². The van der Waals surface area contributed by atoms with Gasteiger partial charge in [-0.3, -0.25) is 5.41 Å². The van der Waals surface area contributed by atoms with Gasteiger partial charge >= 0.3 is 0 Å². The molecule has 1 rings (SSSR count). The van der Waals surface area contributed by atoms with Crippen LogP contribution in [0.5, 0.6) is 0 Å². The van der Waals surface area contributed by atoms with Gasteiger partial charge < -0.3 is 10.6 Å². The van der Waals surface area contributed by atoms with Crippen molar-refractivity contribution in [3.63, 3.8) is 0 Å². The summed E-state index contributed by atoms with van der Waals surface area (Å²) >= 11 is 0. The molecule has 0 radical (unpaired) electrons. The van der Waals surface area contributed by atoms with E-state index in [1.165, 1.54) is 0 Å². The summed E-state index contributed by atoms with van der Waals surface area (Å²) in [4.78, 5) is 2.29. The standard InChI is InChI=1S/C8H19N5/c1-7(8(9)10)11-13-5-3-12(2)4-6-13/h7,11H,3-6H2,1-2H3,(H3,9,10). The molecule has 0 aromatic heterocycles. The summed E-state index contributed by atoms with van der Waals surface area (Å²) in [6.07, 6.45) is 0. The van der Waals surface area contributed by atoms with E-state index in [2.05, 4.69) is 22.4 Å². The minimum absolute atomic E-state index is 0.0524. The largest absolute Gasteiger partial charge is 0.386 e. The highest BCUT2D eigenvalue weighted by molar-refractivity contribution is 5.82. The summed E-state index contributed by atoms with van der Waals surface area (Å²) in [6.45, 7) is 6.03. The Labute approximate surface area is 79.4 Å². The average molecular weight is 185 g/mol. The zero-order valence-corrected chi connectivity index (χ0v) is 8.38. The third kappa shape index (κ3) is 3.30. The summed E-state index contributed by atoms with van der Waals surface area (Å²) in [5, 5.41) is 9.37. The zero-order chi connectivity index (χ0) is 9.84. The van der Waals surface area contributed by atoms with Crippen LogP contribution in [0, 0.1) is 5.41 Å². The molecule has 0 aromatic carbocycles. The molecule has 0 aliphatic carbocycles. The van der Waals surface area contributed by atoms with Gasteiger partial charge in [0.15, 0.2) is 0 Å². The third-order valence-corrected chi connectivity index (χ3v) is 2.35. The molecule has 1 heterocycles. The number of nitrogens with two attached hydrogens (primary N) is 1. The number of nitrogens with zero attached hydrogens (tertiary/aromatic N) is 2. The summed E-state index contributed by atoms with van der Waals surface area (Å²) in [7, 11) is 2.12. The van der Waals surface area contributed by atoms with Gasteiger partial charge in [0.1, 0.15) is 5.84 Å². The summed E-state index contributed by atoms with van der Waals surface area (Å²) in [5.41, 5.74) is 8.56. The second-order valence-electron chi connectivity index (χ2n) is 3.60. The summed E-state index contributed by atoms with van der Waals surface area (Å²) < 4.78 is 0. The van der Waals surface area contributed by atoms with E-state index in [1.807, 2.05) is 6.92 Å². The molecule has 1 aliphatic rings. The van der Waals surface area contributed by atoms with Crippen LogP contribution < -0.4 is 11.2 Å². The quantitative estimate of drug-likeness (QED) is 0.392. The highest BCUT2D eigenvalue weighted by Crippen LogP contribution is 1.96. The van der Waals surface area contributed by atoms with E-state index >= 15 is 0 Å². The van der Waals surface area contributed by atoms with Crippen LogP contribution in [0.15, 0.2) is 0 Å². The molecule has 0 bridgehead atoms. The maximum Gasteiger partial charge on any atom is 0.109 e. The molecule has 4 N–H and O–H groups in total. The van der Waals surface area contributed by atoms with Crippen LogP contribution in [0.3, 0.4) is 0 Å². The maximum absolute atomic E-state index is 7.24. The monoisotopic (exact) mass is 185 g/mol. The van der Waals surface area contributed by atoms with Crippen molar-refractivity contribution in [2.45, 2.75) is 13.0 Å². The predicted octanol–water partition coefficient (Wildman–Crippen LogP) is -0.937. The fraction of sp³-hybridized carbons (Fsp3) is 0.875. The van der Waals surface area contributed by atoms with Crippen LogP contribution in [0.4, 0.5) is 0 Å². The number of likely N-dealkylation sites (N-methyl/N-ethyl adjacent to an activating group) is 1. The van der Waals surface area contributed by atoms with Crippen molar-refractivity contribution < 1.29 is 0 Å². The Bertz CT molecular complexity index is 173. The van der Waals surface area contributed by atoms with Crippen molar-refractivity contribution in [2.24, 2.45) is 5.73 Å². The minimum atomic E-state index is -0.0524. The lowest BCUT2D eigenvalue weighted by Gasteiger charge is -2.34. The van der Waals surface area contributed by atoms with E-state index in [4.69, 9.17) is 11.1 Å². The third-order valence-electron chi connectivity index (χ3n) is 2.35. The van der Waals surface area contributed by atoms with Crippen molar-refractivity contribution >= 4 is 5.84 Å². The number of rotatable bonds is 3. The van der Waals surface area contributed by atoms with Gasteiger partial charge in [0.2, 0.25) is 0 Å². The van der Waals surface area contributed by atoms with Gasteiger partial charge in [-0.05, 0) is 14.0 Å². The molecule has 1 unspecified atom stereocenters. The Morgan fingerprint density at radius 1 is 1.38 bits per heavy atom. The molecule has 1 atom stereocenters. The van der Waals surface area contributed by atoms with Crippen LogP contribution in [-0.2, 0) is 0 Å². The molecular weight excluding hydrogens is 166 g/mol. The molecule has 0 aromatic rings. The fourth-order valence-corrected chi connectivity index (χ4v) is 1.28. The number of hydrogen-bond acceptors (Lipinski definition) is 4. The molecule has 5 nitrogen and oxygen atoms in total. The van der Waals surface area contributed by atoms with E-state index in [0.717, 1.165) is 26.2 Å². The Kier molecular flexibility index (Phi) is 3.65. The Hall–Kier alpha value is -0.650. The number of hydrogen-bond donors (Lipinski definition) is 3. The second-order valence-corrected chi connectivity index (χ2v) is 3.60. The first-order valence-corrected chi connectivity index (χ1v) is 4.63. The van der Waals surface area contributed by atoms with Gasteiger partial charge in [-0.15, -0.1) is 0 Å². The van der Waals surface area contributed by atoms with Gasteiger partial charge in [-0.25, -0.2) is 10.4 Å².